The summed E-state index contributed by atoms with van der Waals surface area (Å²) in [5, 5.41) is 20.5. The minimum absolute atomic E-state index is 0.241. The first kappa shape index (κ1) is 21.3. The van der Waals surface area contributed by atoms with E-state index in [1.807, 2.05) is 13.8 Å². The monoisotopic (exact) mass is 483 g/mol. The number of aliphatic hydroxyl groups excluding tert-OH is 1. The molecular formula is C20H20F2IN3O. The van der Waals surface area contributed by atoms with E-state index in [0.717, 1.165) is 6.07 Å². The van der Waals surface area contributed by atoms with Gasteiger partial charge in [0.2, 0.25) is 0 Å². The minimum Gasteiger partial charge on any atom is -0.389 e. The summed E-state index contributed by atoms with van der Waals surface area (Å²) in [4.78, 5) is 0. The molecule has 0 spiro atoms. The molecular weight excluding hydrogens is 463 g/mol. The number of terminal acetylenes is 1. The summed E-state index contributed by atoms with van der Waals surface area (Å²) in [5.74, 6) is 1.12. The number of nitrogens with zero attached hydrogens (tertiary/aromatic N) is 3. The van der Waals surface area contributed by atoms with Crippen LogP contribution in [0.5, 0.6) is 0 Å². The van der Waals surface area contributed by atoms with Crippen molar-refractivity contribution in [2.24, 2.45) is 10.3 Å². The zero-order valence-corrected chi connectivity index (χ0v) is 17.5. The predicted octanol–water partition coefficient (Wildman–Crippen LogP) is 5.61. The first-order valence-electron chi connectivity index (χ1n) is 8.46. The third-order valence-corrected chi connectivity index (χ3v) is 4.88. The molecule has 0 aliphatic heterocycles. The molecule has 0 bridgehead atoms. The highest BCUT2D eigenvalue weighted by Gasteiger charge is 2.21. The lowest BCUT2D eigenvalue weighted by atomic mass is 9.92. The van der Waals surface area contributed by atoms with E-state index in [4.69, 9.17) is 6.42 Å². The highest BCUT2D eigenvalue weighted by molar-refractivity contribution is 14.1. The smallest absolute Gasteiger partial charge is 0.126 e. The zero-order chi connectivity index (χ0) is 20.1. The van der Waals surface area contributed by atoms with Crippen LogP contribution in [0.15, 0.2) is 34.6 Å². The van der Waals surface area contributed by atoms with Crippen molar-refractivity contribution in [1.82, 2.24) is 5.01 Å². The van der Waals surface area contributed by atoms with E-state index in [1.165, 1.54) is 12.1 Å². The average Bonchev–Trinajstić information content (AvgIpc) is 2.61. The average molecular weight is 483 g/mol. The van der Waals surface area contributed by atoms with E-state index in [-0.39, 0.29) is 5.56 Å². The number of hydrogen-bond donors (Lipinski definition) is 1. The van der Waals surface area contributed by atoms with Gasteiger partial charge >= 0.3 is 0 Å². The Hall–Kier alpha value is -2.05. The Labute approximate surface area is 171 Å². The largest absolute Gasteiger partial charge is 0.389 e. The first-order valence-corrected chi connectivity index (χ1v) is 9.54. The SMILES string of the molecule is C#Cc1c(I)cc(C(C)O)c(-c2cc(F)cc(F)c2)c1/N=N/N(CC)CC. The highest BCUT2D eigenvalue weighted by atomic mass is 127. The first-order chi connectivity index (χ1) is 12.8. The van der Waals surface area contributed by atoms with Crippen molar-refractivity contribution < 1.29 is 13.9 Å². The van der Waals surface area contributed by atoms with E-state index in [1.54, 1.807) is 18.0 Å². The predicted molar refractivity (Wildman–Crippen MR) is 111 cm³/mol. The molecule has 2 aromatic carbocycles. The van der Waals surface area contributed by atoms with Gasteiger partial charge in [0.1, 0.15) is 17.3 Å². The molecule has 27 heavy (non-hydrogen) atoms. The summed E-state index contributed by atoms with van der Waals surface area (Å²) in [6.45, 7) is 6.73. The molecule has 0 saturated carbocycles. The lowest BCUT2D eigenvalue weighted by Crippen LogP contribution is -2.14. The fourth-order valence-electron chi connectivity index (χ4n) is 2.68. The molecule has 142 valence electrons. The van der Waals surface area contributed by atoms with E-state index in [0.29, 0.717) is 39.0 Å². The molecule has 0 aliphatic rings. The Bertz CT molecular complexity index is 883. The number of rotatable bonds is 6. The fraction of sp³-hybridized carbons (Fsp3) is 0.300. The van der Waals surface area contributed by atoms with Gasteiger partial charge in [0.05, 0.1) is 11.7 Å². The van der Waals surface area contributed by atoms with E-state index in [9.17, 15) is 13.9 Å². The van der Waals surface area contributed by atoms with Gasteiger partial charge in [-0.3, -0.25) is 5.01 Å². The maximum Gasteiger partial charge on any atom is 0.126 e. The molecule has 2 aromatic rings. The van der Waals surface area contributed by atoms with Crippen LogP contribution >= 0.6 is 22.6 Å². The maximum atomic E-state index is 13.9. The lowest BCUT2D eigenvalue weighted by Gasteiger charge is -2.19. The third-order valence-electron chi connectivity index (χ3n) is 4.03. The minimum atomic E-state index is -0.894. The fourth-order valence-corrected chi connectivity index (χ4v) is 3.43. The lowest BCUT2D eigenvalue weighted by molar-refractivity contribution is 0.200. The van der Waals surface area contributed by atoms with Gasteiger partial charge in [-0.25, -0.2) is 8.78 Å². The molecule has 1 atom stereocenters. The molecule has 0 amide bonds. The van der Waals surface area contributed by atoms with Crippen molar-refractivity contribution in [1.29, 1.82) is 0 Å². The van der Waals surface area contributed by atoms with Crippen molar-refractivity contribution in [2.75, 3.05) is 13.1 Å². The van der Waals surface area contributed by atoms with E-state index < -0.39 is 17.7 Å². The summed E-state index contributed by atoms with van der Waals surface area (Å²) >= 11 is 2.05. The Morgan fingerprint density at radius 2 is 1.78 bits per heavy atom. The standard InChI is InChI=1S/C20H20F2IN3O/c1-5-16-18(23)11-17(12(4)27)19(13-8-14(21)10-15(22)9-13)20(16)24-25-26(6-2)7-3/h1,8-12,27H,6-7H2,2-4H3/b25-24+. The van der Waals surface area contributed by atoms with Gasteiger partial charge in [-0.15, -0.1) is 11.5 Å². The zero-order valence-electron chi connectivity index (χ0n) is 15.3. The Balaban J connectivity index is 2.87. The third kappa shape index (κ3) is 4.82. The van der Waals surface area contributed by atoms with Crippen LogP contribution in [-0.2, 0) is 0 Å². The number of aliphatic hydroxyl groups is 1. The van der Waals surface area contributed by atoms with Crippen molar-refractivity contribution in [3.8, 4) is 23.5 Å². The van der Waals surface area contributed by atoms with Crippen LogP contribution in [0.25, 0.3) is 11.1 Å². The van der Waals surface area contributed by atoms with Crippen molar-refractivity contribution in [3.05, 3.63) is 50.6 Å². The van der Waals surface area contributed by atoms with Gasteiger partial charge < -0.3 is 5.11 Å². The molecule has 0 fully saturated rings. The molecule has 0 radical (unpaired) electrons. The van der Waals surface area contributed by atoms with Crippen molar-refractivity contribution in [2.45, 2.75) is 26.9 Å². The van der Waals surface area contributed by atoms with Crippen LogP contribution in [0.1, 0.15) is 38.0 Å². The van der Waals surface area contributed by atoms with Crippen LogP contribution < -0.4 is 0 Å². The summed E-state index contributed by atoms with van der Waals surface area (Å²) in [5.41, 5.74) is 1.84. The normalized spacial score (nSPS) is 12.2. The molecule has 0 aromatic heterocycles. The van der Waals surface area contributed by atoms with Gasteiger partial charge in [-0.05, 0) is 72.7 Å². The summed E-state index contributed by atoms with van der Waals surface area (Å²) in [6.07, 6.45) is 4.78. The van der Waals surface area contributed by atoms with E-state index in [2.05, 4.69) is 38.8 Å². The molecule has 7 heteroatoms. The second kappa shape index (κ2) is 9.24. The second-order valence-electron chi connectivity index (χ2n) is 5.85. The van der Waals surface area contributed by atoms with Crippen LogP contribution in [0.3, 0.4) is 0 Å². The molecule has 4 nitrogen and oxygen atoms in total. The van der Waals surface area contributed by atoms with Crippen LogP contribution in [0, 0.1) is 27.5 Å². The molecule has 0 aliphatic carbocycles. The summed E-state index contributed by atoms with van der Waals surface area (Å²) in [7, 11) is 0. The number of hydrogen-bond acceptors (Lipinski definition) is 3. The molecule has 2 rings (SSSR count). The van der Waals surface area contributed by atoms with Crippen molar-refractivity contribution in [3.63, 3.8) is 0 Å². The van der Waals surface area contributed by atoms with Crippen LogP contribution in [-0.4, -0.2) is 23.2 Å². The molecule has 0 saturated heterocycles. The Morgan fingerprint density at radius 1 is 1.19 bits per heavy atom. The molecule has 1 N–H and O–H groups in total. The molecule has 1 unspecified atom stereocenters. The van der Waals surface area contributed by atoms with Gasteiger partial charge in [0, 0.05) is 28.3 Å². The second-order valence-corrected chi connectivity index (χ2v) is 7.02. The van der Waals surface area contributed by atoms with Crippen LogP contribution in [0.2, 0.25) is 0 Å². The molecule has 0 heterocycles. The van der Waals surface area contributed by atoms with Gasteiger partial charge in [0.25, 0.3) is 0 Å². The van der Waals surface area contributed by atoms with Gasteiger partial charge in [0.15, 0.2) is 0 Å². The van der Waals surface area contributed by atoms with Crippen LogP contribution in [0.4, 0.5) is 14.5 Å². The number of halogens is 3. The number of benzene rings is 2. The van der Waals surface area contributed by atoms with E-state index >= 15 is 0 Å². The van der Waals surface area contributed by atoms with Gasteiger partial charge in [-0.1, -0.05) is 11.1 Å². The summed E-state index contributed by atoms with van der Waals surface area (Å²) < 4.78 is 28.4. The van der Waals surface area contributed by atoms with Gasteiger partial charge in [-0.2, -0.15) is 0 Å². The van der Waals surface area contributed by atoms with Crippen molar-refractivity contribution >= 4 is 28.3 Å². The maximum absolute atomic E-state index is 13.9. The Kier molecular flexibility index (Phi) is 7.27. The quantitative estimate of drug-likeness (QED) is 0.251. The Morgan fingerprint density at radius 3 is 2.26 bits per heavy atom. The summed E-state index contributed by atoms with van der Waals surface area (Å²) in [6, 6.07) is 4.87. The highest BCUT2D eigenvalue weighted by Crippen LogP contribution is 2.42. The topological polar surface area (TPSA) is 48.2 Å².